The molecular formula is C18H16N2O3S. The minimum absolute atomic E-state index is 0.332. The zero-order valence-electron chi connectivity index (χ0n) is 13.0. The van der Waals surface area contributed by atoms with Gasteiger partial charge in [0.15, 0.2) is 6.61 Å². The molecule has 24 heavy (non-hydrogen) atoms. The SMILES string of the molecule is CSc1cccc(NC(=O)COC(=O)c2c[nH]c3ccccc23)c1. The van der Waals surface area contributed by atoms with Crippen molar-refractivity contribution in [2.24, 2.45) is 0 Å². The zero-order valence-corrected chi connectivity index (χ0v) is 13.9. The predicted molar refractivity (Wildman–Crippen MR) is 95.4 cm³/mol. The van der Waals surface area contributed by atoms with Gasteiger partial charge in [0.2, 0.25) is 0 Å². The van der Waals surface area contributed by atoms with Gasteiger partial charge in [-0.15, -0.1) is 11.8 Å². The zero-order chi connectivity index (χ0) is 16.9. The first-order valence-corrected chi connectivity index (χ1v) is 8.57. The molecule has 0 aliphatic rings. The summed E-state index contributed by atoms with van der Waals surface area (Å²) in [6.07, 6.45) is 3.55. The highest BCUT2D eigenvalue weighted by atomic mass is 32.2. The Morgan fingerprint density at radius 2 is 2.00 bits per heavy atom. The van der Waals surface area contributed by atoms with Crippen LogP contribution < -0.4 is 5.32 Å². The lowest BCUT2D eigenvalue weighted by molar-refractivity contribution is -0.119. The summed E-state index contributed by atoms with van der Waals surface area (Å²) < 4.78 is 5.11. The van der Waals surface area contributed by atoms with E-state index in [1.807, 2.05) is 48.7 Å². The van der Waals surface area contributed by atoms with Crippen molar-refractivity contribution in [2.45, 2.75) is 4.90 Å². The van der Waals surface area contributed by atoms with Gasteiger partial charge in [0, 0.05) is 27.7 Å². The molecule has 0 aliphatic heterocycles. The van der Waals surface area contributed by atoms with Crippen LogP contribution in [0.15, 0.2) is 59.6 Å². The lowest BCUT2D eigenvalue weighted by atomic mass is 10.2. The van der Waals surface area contributed by atoms with Crippen LogP contribution in [-0.4, -0.2) is 29.7 Å². The molecule has 0 saturated carbocycles. The summed E-state index contributed by atoms with van der Waals surface area (Å²) in [6.45, 7) is -0.332. The Kier molecular flexibility index (Phi) is 4.86. The second-order valence-electron chi connectivity index (χ2n) is 5.10. The van der Waals surface area contributed by atoms with Crippen molar-refractivity contribution >= 4 is 40.2 Å². The van der Waals surface area contributed by atoms with Crippen molar-refractivity contribution in [1.82, 2.24) is 4.98 Å². The van der Waals surface area contributed by atoms with Crippen LogP contribution in [0.2, 0.25) is 0 Å². The fourth-order valence-corrected chi connectivity index (χ4v) is 2.81. The van der Waals surface area contributed by atoms with E-state index in [4.69, 9.17) is 4.74 Å². The molecule has 1 amide bonds. The number of anilines is 1. The summed E-state index contributed by atoms with van der Waals surface area (Å²) in [7, 11) is 0. The van der Waals surface area contributed by atoms with Gasteiger partial charge >= 0.3 is 5.97 Å². The molecule has 1 heterocycles. The van der Waals surface area contributed by atoms with Crippen molar-refractivity contribution in [3.05, 3.63) is 60.3 Å². The van der Waals surface area contributed by atoms with Crippen LogP contribution >= 0.6 is 11.8 Å². The number of esters is 1. The van der Waals surface area contributed by atoms with E-state index >= 15 is 0 Å². The van der Waals surface area contributed by atoms with Gasteiger partial charge in [-0.05, 0) is 30.5 Å². The molecular weight excluding hydrogens is 324 g/mol. The fraction of sp³-hybridized carbons (Fsp3) is 0.111. The molecule has 0 atom stereocenters. The Labute approximate surface area is 143 Å². The third-order valence-corrected chi connectivity index (χ3v) is 4.22. The summed E-state index contributed by atoms with van der Waals surface area (Å²) in [4.78, 5) is 28.1. The van der Waals surface area contributed by atoms with Gasteiger partial charge in [0.1, 0.15) is 0 Å². The number of aromatic amines is 1. The van der Waals surface area contributed by atoms with Gasteiger partial charge in [-0.1, -0.05) is 24.3 Å². The molecule has 0 bridgehead atoms. The maximum Gasteiger partial charge on any atom is 0.340 e. The molecule has 2 aromatic carbocycles. The first-order valence-electron chi connectivity index (χ1n) is 7.34. The van der Waals surface area contributed by atoms with E-state index in [0.717, 1.165) is 15.8 Å². The topological polar surface area (TPSA) is 71.2 Å². The summed E-state index contributed by atoms with van der Waals surface area (Å²) in [6, 6.07) is 14.9. The highest BCUT2D eigenvalue weighted by Gasteiger charge is 2.14. The molecule has 0 unspecified atom stereocenters. The maximum atomic E-state index is 12.2. The molecule has 3 aromatic rings. The van der Waals surface area contributed by atoms with E-state index in [2.05, 4.69) is 10.3 Å². The number of carbonyl (C=O) groups is 2. The first-order chi connectivity index (χ1) is 11.7. The smallest absolute Gasteiger partial charge is 0.340 e. The molecule has 3 rings (SSSR count). The average molecular weight is 340 g/mol. The molecule has 0 aliphatic carbocycles. The molecule has 0 saturated heterocycles. The summed E-state index contributed by atoms with van der Waals surface area (Å²) in [5, 5.41) is 3.49. The lowest BCUT2D eigenvalue weighted by Gasteiger charge is -2.07. The Balaban J connectivity index is 1.60. The van der Waals surface area contributed by atoms with E-state index in [1.165, 1.54) is 0 Å². The van der Waals surface area contributed by atoms with E-state index in [9.17, 15) is 9.59 Å². The van der Waals surface area contributed by atoms with E-state index in [1.54, 1.807) is 24.0 Å². The maximum absolute atomic E-state index is 12.2. The van der Waals surface area contributed by atoms with Crippen molar-refractivity contribution in [3.8, 4) is 0 Å². The minimum atomic E-state index is -0.527. The number of carbonyl (C=O) groups excluding carboxylic acids is 2. The Morgan fingerprint density at radius 3 is 2.83 bits per heavy atom. The minimum Gasteiger partial charge on any atom is -0.452 e. The number of amides is 1. The quantitative estimate of drug-likeness (QED) is 0.549. The molecule has 1 aromatic heterocycles. The van der Waals surface area contributed by atoms with Crippen LogP contribution in [0.1, 0.15) is 10.4 Å². The number of thioether (sulfide) groups is 1. The van der Waals surface area contributed by atoms with Crippen LogP contribution in [0, 0.1) is 0 Å². The van der Waals surface area contributed by atoms with Crippen LogP contribution in [-0.2, 0) is 9.53 Å². The molecule has 5 nitrogen and oxygen atoms in total. The number of aromatic nitrogens is 1. The summed E-state index contributed by atoms with van der Waals surface area (Å²) in [5.41, 5.74) is 1.94. The largest absolute Gasteiger partial charge is 0.452 e. The summed E-state index contributed by atoms with van der Waals surface area (Å²) >= 11 is 1.59. The fourth-order valence-electron chi connectivity index (χ4n) is 2.35. The van der Waals surface area contributed by atoms with Crippen molar-refractivity contribution < 1.29 is 14.3 Å². The molecule has 0 radical (unpaired) electrons. The van der Waals surface area contributed by atoms with E-state index < -0.39 is 5.97 Å². The number of H-pyrrole nitrogens is 1. The number of hydrogen-bond acceptors (Lipinski definition) is 4. The Morgan fingerprint density at radius 1 is 1.17 bits per heavy atom. The number of para-hydroxylation sites is 1. The third-order valence-electron chi connectivity index (χ3n) is 3.50. The Bertz CT molecular complexity index is 889. The molecule has 2 N–H and O–H groups in total. The normalized spacial score (nSPS) is 10.5. The van der Waals surface area contributed by atoms with Gasteiger partial charge in [-0.25, -0.2) is 4.79 Å². The average Bonchev–Trinajstić information content (AvgIpc) is 3.04. The van der Waals surface area contributed by atoms with Crippen LogP contribution in [0.4, 0.5) is 5.69 Å². The molecule has 6 heteroatoms. The van der Waals surface area contributed by atoms with Gasteiger partial charge in [0.25, 0.3) is 5.91 Å². The molecule has 0 spiro atoms. The first kappa shape index (κ1) is 16.1. The van der Waals surface area contributed by atoms with Crippen molar-refractivity contribution in [2.75, 3.05) is 18.2 Å². The number of fused-ring (bicyclic) bond motifs is 1. The standard InChI is InChI=1S/C18H16N2O3S/c1-24-13-6-4-5-12(9-13)20-17(21)11-23-18(22)15-10-19-16-8-3-2-7-14(15)16/h2-10,19H,11H2,1H3,(H,20,21). The second kappa shape index (κ2) is 7.23. The number of rotatable bonds is 5. The van der Waals surface area contributed by atoms with E-state index in [0.29, 0.717) is 11.3 Å². The van der Waals surface area contributed by atoms with Gasteiger partial charge in [-0.2, -0.15) is 0 Å². The predicted octanol–water partition coefficient (Wildman–Crippen LogP) is 3.69. The van der Waals surface area contributed by atoms with Gasteiger partial charge in [-0.3, -0.25) is 4.79 Å². The molecule has 122 valence electrons. The van der Waals surface area contributed by atoms with Crippen LogP contribution in [0.3, 0.4) is 0 Å². The number of hydrogen-bond donors (Lipinski definition) is 2. The highest BCUT2D eigenvalue weighted by molar-refractivity contribution is 7.98. The molecule has 0 fully saturated rings. The van der Waals surface area contributed by atoms with Crippen molar-refractivity contribution in [3.63, 3.8) is 0 Å². The lowest BCUT2D eigenvalue weighted by Crippen LogP contribution is -2.20. The third kappa shape index (κ3) is 3.60. The summed E-state index contributed by atoms with van der Waals surface area (Å²) in [5.74, 6) is -0.901. The van der Waals surface area contributed by atoms with Gasteiger partial charge in [0.05, 0.1) is 5.56 Å². The monoisotopic (exact) mass is 340 g/mol. The van der Waals surface area contributed by atoms with Gasteiger partial charge < -0.3 is 15.0 Å². The van der Waals surface area contributed by atoms with Crippen LogP contribution in [0.25, 0.3) is 10.9 Å². The van der Waals surface area contributed by atoms with Crippen molar-refractivity contribution in [1.29, 1.82) is 0 Å². The number of ether oxygens (including phenoxy) is 1. The Hall–Kier alpha value is -2.73. The van der Waals surface area contributed by atoms with Crippen LogP contribution in [0.5, 0.6) is 0 Å². The number of benzene rings is 2. The van der Waals surface area contributed by atoms with E-state index in [-0.39, 0.29) is 12.5 Å². The highest BCUT2D eigenvalue weighted by Crippen LogP contribution is 2.20. The second-order valence-corrected chi connectivity index (χ2v) is 5.98. The number of nitrogens with one attached hydrogen (secondary N) is 2.